The third-order valence-corrected chi connectivity index (χ3v) is 2.85. The van der Waals surface area contributed by atoms with E-state index in [1.807, 2.05) is 30.3 Å². The highest BCUT2D eigenvalue weighted by Crippen LogP contribution is 2.31. The number of nitro groups is 1. The molecule has 92 valence electrons. The van der Waals surface area contributed by atoms with E-state index in [9.17, 15) is 15.2 Å². The molecule has 0 radical (unpaired) electrons. The molecular formula is C14H13NO3. The molecule has 0 heterocycles. The molecule has 0 aromatic heterocycles. The Morgan fingerprint density at radius 1 is 1.06 bits per heavy atom. The molecule has 2 aromatic rings. The Balaban J connectivity index is 2.44. The van der Waals surface area contributed by atoms with Gasteiger partial charge in [0.1, 0.15) is 5.75 Å². The molecule has 0 aliphatic heterocycles. The monoisotopic (exact) mass is 243 g/mol. The lowest BCUT2D eigenvalue weighted by atomic mass is 9.91. The smallest absolute Gasteiger partial charge is 0.214 e. The van der Waals surface area contributed by atoms with Crippen molar-refractivity contribution in [2.45, 2.75) is 5.92 Å². The summed E-state index contributed by atoms with van der Waals surface area (Å²) in [5.41, 5.74) is 1.41. The van der Waals surface area contributed by atoms with E-state index in [0.717, 1.165) is 5.56 Å². The second kappa shape index (κ2) is 5.31. The predicted octanol–water partition coefficient (Wildman–Crippen LogP) is 2.80. The summed E-state index contributed by atoms with van der Waals surface area (Å²) in [6.45, 7) is -0.235. The number of para-hydroxylation sites is 1. The SMILES string of the molecule is O=[N+]([O-])C[C@@H](c1ccccc1)c1ccccc1O. The van der Waals surface area contributed by atoms with Crippen molar-refractivity contribution in [3.63, 3.8) is 0 Å². The summed E-state index contributed by atoms with van der Waals surface area (Å²) >= 11 is 0. The van der Waals surface area contributed by atoms with Gasteiger partial charge in [0.2, 0.25) is 6.54 Å². The molecule has 18 heavy (non-hydrogen) atoms. The number of phenolic OH excluding ortho intramolecular Hbond substituents is 1. The minimum absolute atomic E-state index is 0.0909. The Bertz CT molecular complexity index is 540. The summed E-state index contributed by atoms with van der Waals surface area (Å²) in [4.78, 5) is 10.4. The number of phenols is 1. The van der Waals surface area contributed by atoms with Crippen molar-refractivity contribution in [1.29, 1.82) is 0 Å². The van der Waals surface area contributed by atoms with Gasteiger partial charge in [-0.2, -0.15) is 0 Å². The minimum Gasteiger partial charge on any atom is -0.508 e. The van der Waals surface area contributed by atoms with E-state index in [0.29, 0.717) is 5.56 Å². The first kappa shape index (κ1) is 12.1. The van der Waals surface area contributed by atoms with E-state index in [4.69, 9.17) is 0 Å². The molecule has 0 bridgehead atoms. The number of aromatic hydroxyl groups is 1. The number of rotatable bonds is 4. The van der Waals surface area contributed by atoms with Crippen molar-refractivity contribution < 1.29 is 10.0 Å². The summed E-state index contributed by atoms with van der Waals surface area (Å²) in [5, 5.41) is 20.6. The number of hydrogen-bond acceptors (Lipinski definition) is 3. The zero-order valence-corrected chi connectivity index (χ0v) is 9.69. The molecule has 2 rings (SSSR count). The summed E-state index contributed by atoms with van der Waals surface area (Å²) < 4.78 is 0. The third-order valence-electron chi connectivity index (χ3n) is 2.85. The van der Waals surface area contributed by atoms with Crippen LogP contribution in [0.1, 0.15) is 17.0 Å². The van der Waals surface area contributed by atoms with Crippen LogP contribution in [0.25, 0.3) is 0 Å². The van der Waals surface area contributed by atoms with Gasteiger partial charge in [0.05, 0.1) is 5.92 Å². The van der Waals surface area contributed by atoms with Gasteiger partial charge in [0.25, 0.3) is 0 Å². The normalized spacial score (nSPS) is 12.0. The fourth-order valence-electron chi connectivity index (χ4n) is 2.00. The van der Waals surface area contributed by atoms with Crippen molar-refractivity contribution >= 4 is 0 Å². The molecule has 4 heteroatoms. The average molecular weight is 243 g/mol. The van der Waals surface area contributed by atoms with Crippen LogP contribution in [0.4, 0.5) is 0 Å². The topological polar surface area (TPSA) is 63.4 Å². The lowest BCUT2D eigenvalue weighted by Gasteiger charge is -2.14. The third kappa shape index (κ3) is 2.66. The van der Waals surface area contributed by atoms with E-state index >= 15 is 0 Å². The van der Waals surface area contributed by atoms with Crippen LogP contribution >= 0.6 is 0 Å². The zero-order valence-electron chi connectivity index (χ0n) is 9.69. The number of benzene rings is 2. The van der Waals surface area contributed by atoms with E-state index < -0.39 is 5.92 Å². The molecule has 4 nitrogen and oxygen atoms in total. The van der Waals surface area contributed by atoms with Gasteiger partial charge in [-0.05, 0) is 11.6 Å². The predicted molar refractivity (Wildman–Crippen MR) is 68.3 cm³/mol. The Hall–Kier alpha value is -2.36. The van der Waals surface area contributed by atoms with E-state index in [2.05, 4.69) is 0 Å². The second-order valence-electron chi connectivity index (χ2n) is 4.04. The summed E-state index contributed by atoms with van der Waals surface area (Å²) in [5.74, 6) is -0.337. The molecule has 0 saturated carbocycles. The zero-order chi connectivity index (χ0) is 13.0. The van der Waals surface area contributed by atoms with Crippen LogP contribution < -0.4 is 0 Å². The van der Waals surface area contributed by atoms with E-state index in [-0.39, 0.29) is 17.2 Å². The molecule has 0 saturated heterocycles. The Morgan fingerprint density at radius 2 is 1.67 bits per heavy atom. The number of nitrogens with zero attached hydrogens (tertiary/aromatic N) is 1. The summed E-state index contributed by atoms with van der Waals surface area (Å²) in [7, 11) is 0. The first-order valence-corrected chi connectivity index (χ1v) is 5.63. The van der Waals surface area contributed by atoms with Crippen LogP contribution in [0.15, 0.2) is 54.6 Å². The minimum atomic E-state index is -0.428. The van der Waals surface area contributed by atoms with Gasteiger partial charge >= 0.3 is 0 Å². The standard InChI is InChI=1S/C14H13NO3/c16-14-9-5-4-8-12(14)13(10-15(17)18)11-6-2-1-3-7-11/h1-9,13,16H,10H2/t13-/m0/s1. The van der Waals surface area contributed by atoms with Gasteiger partial charge in [-0.1, -0.05) is 48.5 Å². The van der Waals surface area contributed by atoms with Gasteiger partial charge in [-0.3, -0.25) is 10.1 Å². The van der Waals surface area contributed by atoms with Gasteiger partial charge in [0, 0.05) is 10.5 Å². The largest absolute Gasteiger partial charge is 0.508 e. The van der Waals surface area contributed by atoms with Crippen LogP contribution in [-0.4, -0.2) is 16.6 Å². The molecule has 0 aliphatic carbocycles. The van der Waals surface area contributed by atoms with Gasteiger partial charge in [-0.25, -0.2) is 0 Å². The van der Waals surface area contributed by atoms with Crippen LogP contribution in [0.5, 0.6) is 5.75 Å². The molecule has 0 aliphatic rings. The molecule has 1 atom stereocenters. The van der Waals surface area contributed by atoms with Crippen molar-refractivity contribution in [3.8, 4) is 5.75 Å². The highest BCUT2D eigenvalue weighted by Gasteiger charge is 2.22. The van der Waals surface area contributed by atoms with Crippen molar-refractivity contribution in [2.75, 3.05) is 6.54 Å². The van der Waals surface area contributed by atoms with Crippen molar-refractivity contribution in [2.24, 2.45) is 0 Å². The number of hydrogen-bond donors (Lipinski definition) is 1. The second-order valence-corrected chi connectivity index (χ2v) is 4.04. The molecule has 0 amide bonds. The first-order valence-electron chi connectivity index (χ1n) is 5.63. The molecule has 0 spiro atoms. The Labute approximate surface area is 105 Å². The maximum absolute atomic E-state index is 10.8. The maximum Gasteiger partial charge on any atom is 0.214 e. The van der Waals surface area contributed by atoms with Gasteiger partial charge < -0.3 is 5.11 Å². The van der Waals surface area contributed by atoms with E-state index in [1.165, 1.54) is 0 Å². The Morgan fingerprint density at radius 3 is 2.28 bits per heavy atom. The summed E-state index contributed by atoms with van der Waals surface area (Å²) in [6, 6.07) is 15.9. The van der Waals surface area contributed by atoms with Gasteiger partial charge in [-0.15, -0.1) is 0 Å². The molecular weight excluding hydrogens is 230 g/mol. The van der Waals surface area contributed by atoms with Gasteiger partial charge in [0.15, 0.2) is 0 Å². The quantitative estimate of drug-likeness (QED) is 0.663. The highest BCUT2D eigenvalue weighted by atomic mass is 16.6. The van der Waals surface area contributed by atoms with Crippen LogP contribution in [0.2, 0.25) is 0 Å². The fourth-order valence-corrected chi connectivity index (χ4v) is 2.00. The molecule has 1 N–H and O–H groups in total. The average Bonchev–Trinajstić information content (AvgIpc) is 2.38. The fraction of sp³-hybridized carbons (Fsp3) is 0.143. The maximum atomic E-state index is 10.8. The molecule has 0 fully saturated rings. The van der Waals surface area contributed by atoms with E-state index in [1.54, 1.807) is 24.3 Å². The Kier molecular flexibility index (Phi) is 3.57. The van der Waals surface area contributed by atoms with Crippen LogP contribution in [0, 0.1) is 10.1 Å². The first-order chi connectivity index (χ1) is 8.68. The van der Waals surface area contributed by atoms with Crippen molar-refractivity contribution in [3.05, 3.63) is 75.8 Å². The van der Waals surface area contributed by atoms with Crippen molar-refractivity contribution in [1.82, 2.24) is 0 Å². The summed E-state index contributed by atoms with van der Waals surface area (Å²) in [6.07, 6.45) is 0. The lowest BCUT2D eigenvalue weighted by Crippen LogP contribution is -2.14. The van der Waals surface area contributed by atoms with Crippen LogP contribution in [-0.2, 0) is 0 Å². The molecule has 2 aromatic carbocycles. The molecule has 0 unspecified atom stereocenters. The lowest BCUT2D eigenvalue weighted by molar-refractivity contribution is -0.481. The highest BCUT2D eigenvalue weighted by molar-refractivity contribution is 5.41. The van der Waals surface area contributed by atoms with Crippen LogP contribution in [0.3, 0.4) is 0 Å².